The zero-order valence-electron chi connectivity index (χ0n) is 19.8. The number of aromatic nitrogens is 1. The Labute approximate surface area is 219 Å². The smallest absolute Gasteiger partial charge is 0.257 e. The normalized spacial score (nSPS) is 21.9. The Morgan fingerprint density at radius 1 is 1.08 bits per heavy atom. The number of amides is 1. The standard InChI is InChI=1S/C28H27Cl2FN2O3/c1-27(35,17-5-3-2-4-6-17)19-13-23-25(24(31)14-19)28(36,18-7-9-20(29)10-8-18)33(26(23)34)16-22-12-11-21(30)15-32-22/h7-15,17,35-36H,2-6,16H2,1H3. The Morgan fingerprint density at radius 3 is 2.39 bits per heavy atom. The van der Waals surface area contributed by atoms with Gasteiger partial charge in [-0.3, -0.25) is 14.7 Å². The molecule has 1 aliphatic heterocycles. The van der Waals surface area contributed by atoms with Gasteiger partial charge in [0.15, 0.2) is 5.72 Å². The van der Waals surface area contributed by atoms with Crippen molar-refractivity contribution >= 4 is 29.1 Å². The van der Waals surface area contributed by atoms with E-state index in [1.807, 2.05) is 0 Å². The van der Waals surface area contributed by atoms with Gasteiger partial charge < -0.3 is 10.2 Å². The van der Waals surface area contributed by atoms with Gasteiger partial charge in [0, 0.05) is 16.8 Å². The molecule has 5 nitrogen and oxygen atoms in total. The molecule has 1 fully saturated rings. The maximum atomic E-state index is 15.9. The maximum absolute atomic E-state index is 15.9. The van der Waals surface area contributed by atoms with Crippen LogP contribution < -0.4 is 0 Å². The van der Waals surface area contributed by atoms with Crippen molar-refractivity contribution in [2.75, 3.05) is 0 Å². The molecule has 1 amide bonds. The minimum Gasteiger partial charge on any atom is -0.385 e. The number of aliphatic hydroxyl groups is 2. The Kier molecular flexibility index (Phi) is 6.58. The molecule has 2 aromatic carbocycles. The fourth-order valence-corrected chi connectivity index (χ4v) is 5.82. The summed E-state index contributed by atoms with van der Waals surface area (Å²) in [6, 6.07) is 12.4. The average Bonchev–Trinajstić information content (AvgIpc) is 3.09. The van der Waals surface area contributed by atoms with Gasteiger partial charge >= 0.3 is 0 Å². The van der Waals surface area contributed by atoms with E-state index in [1.54, 1.807) is 43.3 Å². The van der Waals surface area contributed by atoms with Crippen molar-refractivity contribution in [3.05, 3.63) is 98.5 Å². The molecule has 0 bridgehead atoms. The molecule has 0 saturated heterocycles. The lowest BCUT2D eigenvalue weighted by molar-refractivity contribution is -0.0568. The number of carbonyl (C=O) groups is 1. The van der Waals surface area contributed by atoms with Crippen LogP contribution in [0.2, 0.25) is 10.0 Å². The summed E-state index contributed by atoms with van der Waals surface area (Å²) in [6.07, 6.45) is 6.25. The van der Waals surface area contributed by atoms with Crippen molar-refractivity contribution < 1.29 is 19.4 Å². The van der Waals surface area contributed by atoms with Gasteiger partial charge in [0.05, 0.1) is 34.0 Å². The van der Waals surface area contributed by atoms with Crippen LogP contribution in [0.15, 0.2) is 54.7 Å². The van der Waals surface area contributed by atoms with Crippen LogP contribution in [-0.4, -0.2) is 26.0 Å². The summed E-state index contributed by atoms with van der Waals surface area (Å²) in [4.78, 5) is 19.2. The molecule has 0 radical (unpaired) electrons. The van der Waals surface area contributed by atoms with E-state index in [4.69, 9.17) is 23.2 Å². The van der Waals surface area contributed by atoms with Crippen molar-refractivity contribution in [3.63, 3.8) is 0 Å². The first-order chi connectivity index (χ1) is 17.1. The van der Waals surface area contributed by atoms with Crippen LogP contribution >= 0.6 is 23.2 Å². The number of rotatable bonds is 5. The van der Waals surface area contributed by atoms with Gasteiger partial charge in [0.1, 0.15) is 5.82 Å². The molecule has 2 unspecified atom stereocenters. The first kappa shape index (κ1) is 25.2. The Hall–Kier alpha value is -2.51. The number of nitrogens with zero attached hydrogens (tertiary/aromatic N) is 2. The van der Waals surface area contributed by atoms with Gasteiger partial charge in [0.2, 0.25) is 0 Å². The molecular formula is C28H27Cl2FN2O3. The van der Waals surface area contributed by atoms with Gasteiger partial charge in [0.25, 0.3) is 5.91 Å². The minimum atomic E-state index is -2.10. The number of carbonyl (C=O) groups excluding carboxylic acids is 1. The lowest BCUT2D eigenvalue weighted by Crippen LogP contribution is -2.44. The molecule has 0 spiro atoms. The lowest BCUT2D eigenvalue weighted by atomic mass is 9.74. The second-order valence-corrected chi connectivity index (χ2v) is 10.8. The van der Waals surface area contributed by atoms with E-state index in [1.165, 1.54) is 23.2 Å². The van der Waals surface area contributed by atoms with Crippen molar-refractivity contribution in [1.82, 2.24) is 9.88 Å². The lowest BCUT2D eigenvalue weighted by Gasteiger charge is -2.36. The molecule has 1 saturated carbocycles. The number of fused-ring (bicyclic) bond motifs is 1. The SMILES string of the molecule is CC(O)(c1cc(F)c2c(c1)C(=O)N(Cc1ccc(Cl)cn1)C2(O)c1ccc(Cl)cc1)C1CCCCC1. The van der Waals surface area contributed by atoms with Crippen molar-refractivity contribution in [2.45, 2.75) is 56.9 Å². The number of pyridine rings is 1. The predicted octanol–water partition coefficient (Wildman–Crippen LogP) is 6.16. The largest absolute Gasteiger partial charge is 0.385 e. The fraction of sp³-hybridized carbons (Fsp3) is 0.357. The highest BCUT2D eigenvalue weighted by molar-refractivity contribution is 6.30. The topological polar surface area (TPSA) is 73.7 Å². The van der Waals surface area contributed by atoms with E-state index in [2.05, 4.69) is 4.98 Å². The fourth-order valence-electron chi connectivity index (χ4n) is 5.58. The molecule has 1 aromatic heterocycles. The molecule has 2 N–H and O–H groups in total. The number of halogens is 3. The van der Waals surface area contributed by atoms with Crippen LogP contribution in [0.4, 0.5) is 4.39 Å². The zero-order chi connectivity index (χ0) is 25.7. The molecule has 8 heteroatoms. The molecule has 36 heavy (non-hydrogen) atoms. The summed E-state index contributed by atoms with van der Waals surface area (Å²) in [6.45, 7) is 1.60. The van der Waals surface area contributed by atoms with E-state index in [-0.39, 0.29) is 23.6 Å². The highest BCUT2D eigenvalue weighted by atomic mass is 35.5. The maximum Gasteiger partial charge on any atom is 0.257 e. The summed E-state index contributed by atoms with van der Waals surface area (Å²) in [7, 11) is 0. The van der Waals surface area contributed by atoms with Gasteiger partial charge in [-0.1, -0.05) is 54.6 Å². The highest BCUT2D eigenvalue weighted by Crippen LogP contribution is 2.47. The van der Waals surface area contributed by atoms with E-state index in [0.717, 1.165) is 32.1 Å². The number of hydrogen-bond acceptors (Lipinski definition) is 4. The summed E-state index contributed by atoms with van der Waals surface area (Å²) >= 11 is 12.0. The second-order valence-electron chi connectivity index (χ2n) is 9.90. The average molecular weight is 529 g/mol. The first-order valence-electron chi connectivity index (χ1n) is 12.1. The molecule has 2 atom stereocenters. The summed E-state index contributed by atoms with van der Waals surface area (Å²) in [5.74, 6) is -1.35. The van der Waals surface area contributed by atoms with E-state index >= 15 is 4.39 Å². The Balaban J connectivity index is 1.64. The summed E-state index contributed by atoms with van der Waals surface area (Å²) < 4.78 is 15.9. The zero-order valence-corrected chi connectivity index (χ0v) is 21.4. The van der Waals surface area contributed by atoms with Crippen LogP contribution in [0.1, 0.15) is 71.8 Å². The van der Waals surface area contributed by atoms with Crippen LogP contribution in [0.5, 0.6) is 0 Å². The van der Waals surface area contributed by atoms with Gasteiger partial charge in [-0.15, -0.1) is 0 Å². The van der Waals surface area contributed by atoms with Crippen LogP contribution in [0.25, 0.3) is 0 Å². The Bertz CT molecular complexity index is 1290. The monoisotopic (exact) mass is 528 g/mol. The van der Waals surface area contributed by atoms with E-state index < -0.39 is 23.1 Å². The Morgan fingerprint density at radius 2 is 1.75 bits per heavy atom. The van der Waals surface area contributed by atoms with Crippen LogP contribution in [-0.2, 0) is 17.9 Å². The number of benzene rings is 2. The minimum absolute atomic E-state index is 0.0208. The van der Waals surface area contributed by atoms with Gasteiger partial charge in [-0.05, 0) is 67.6 Å². The molecule has 2 aliphatic rings. The van der Waals surface area contributed by atoms with Crippen LogP contribution in [0, 0.1) is 11.7 Å². The second kappa shape index (κ2) is 9.42. The summed E-state index contributed by atoms with van der Waals surface area (Å²) in [5.41, 5.74) is -2.43. The van der Waals surface area contributed by atoms with Crippen molar-refractivity contribution in [2.24, 2.45) is 5.92 Å². The number of hydrogen-bond donors (Lipinski definition) is 2. The molecule has 2 heterocycles. The third kappa shape index (κ3) is 4.20. The van der Waals surface area contributed by atoms with Crippen LogP contribution in [0.3, 0.4) is 0 Å². The molecule has 5 rings (SSSR count). The van der Waals surface area contributed by atoms with Crippen molar-refractivity contribution in [1.29, 1.82) is 0 Å². The third-order valence-electron chi connectivity index (χ3n) is 7.65. The first-order valence-corrected chi connectivity index (χ1v) is 12.9. The van der Waals surface area contributed by atoms with Gasteiger partial charge in [-0.25, -0.2) is 4.39 Å². The third-order valence-corrected chi connectivity index (χ3v) is 8.12. The molecule has 188 valence electrons. The highest BCUT2D eigenvalue weighted by Gasteiger charge is 2.52. The van der Waals surface area contributed by atoms with Crippen molar-refractivity contribution in [3.8, 4) is 0 Å². The summed E-state index contributed by atoms with van der Waals surface area (Å²) in [5, 5.41) is 24.4. The van der Waals surface area contributed by atoms with E-state index in [0.29, 0.717) is 26.9 Å². The van der Waals surface area contributed by atoms with E-state index in [9.17, 15) is 15.0 Å². The predicted molar refractivity (Wildman–Crippen MR) is 136 cm³/mol. The quantitative estimate of drug-likeness (QED) is 0.415. The van der Waals surface area contributed by atoms with Gasteiger partial charge in [-0.2, -0.15) is 0 Å². The molecular weight excluding hydrogens is 502 g/mol. The molecule has 3 aromatic rings. The molecule has 1 aliphatic carbocycles.